The van der Waals surface area contributed by atoms with Gasteiger partial charge in [0.2, 0.25) is 0 Å². The molecule has 1 aromatic rings. The van der Waals surface area contributed by atoms with Crippen molar-refractivity contribution < 1.29 is 0 Å². The van der Waals surface area contributed by atoms with E-state index in [1.54, 1.807) is 0 Å². The highest BCUT2D eigenvalue weighted by Crippen LogP contribution is 2.38. The highest BCUT2D eigenvalue weighted by atomic mass is 14.9. The van der Waals surface area contributed by atoms with Gasteiger partial charge in [0, 0.05) is 11.1 Å². The molecule has 2 nitrogen and oxygen atoms in total. The molecule has 0 amide bonds. The smallest absolute Gasteiger partial charge is 0.140 e. The van der Waals surface area contributed by atoms with Gasteiger partial charge in [-0.1, -0.05) is 40.5 Å². The highest BCUT2D eigenvalue weighted by molar-refractivity contribution is 5.34. The summed E-state index contributed by atoms with van der Waals surface area (Å²) in [6.07, 6.45) is 9.25. The lowest BCUT2D eigenvalue weighted by Crippen LogP contribution is -2.29. The number of hydrogen-bond acceptors (Lipinski definition) is 2. The molecule has 1 aliphatic rings. The van der Waals surface area contributed by atoms with Crippen molar-refractivity contribution in [2.75, 3.05) is 0 Å². The maximum Gasteiger partial charge on any atom is 0.140 e. The quantitative estimate of drug-likeness (QED) is 0.719. The number of aryl methyl sites for hydroxylation is 1. The van der Waals surface area contributed by atoms with Crippen LogP contribution in [0.3, 0.4) is 0 Å². The summed E-state index contributed by atoms with van der Waals surface area (Å²) in [5, 5.41) is 0. The molecule has 0 bridgehead atoms. The Morgan fingerprint density at radius 2 is 1.95 bits per heavy atom. The third-order valence-corrected chi connectivity index (χ3v) is 3.80. The van der Waals surface area contributed by atoms with E-state index < -0.39 is 0 Å². The van der Waals surface area contributed by atoms with Gasteiger partial charge in [-0.2, -0.15) is 0 Å². The molecule has 2 rings (SSSR count). The van der Waals surface area contributed by atoms with E-state index in [0.29, 0.717) is 11.8 Å². The van der Waals surface area contributed by atoms with Crippen LogP contribution in [0.1, 0.15) is 63.8 Å². The number of aromatic nitrogens is 2. The number of rotatable bonds is 1. The van der Waals surface area contributed by atoms with Crippen molar-refractivity contribution in [3.63, 3.8) is 0 Å². The van der Waals surface area contributed by atoms with Crippen LogP contribution in [0.4, 0.5) is 0 Å². The zero-order valence-corrected chi connectivity index (χ0v) is 12.8. The minimum Gasteiger partial charge on any atom is -0.237 e. The van der Waals surface area contributed by atoms with Gasteiger partial charge in [0.05, 0.1) is 12.1 Å². The second kappa shape index (κ2) is 4.63. The molecule has 19 heavy (non-hydrogen) atoms. The normalized spacial score (nSPS) is 17.7. The minimum atomic E-state index is 0.0454. The lowest BCUT2D eigenvalue weighted by Gasteiger charge is -2.34. The van der Waals surface area contributed by atoms with E-state index in [2.05, 4.69) is 45.5 Å². The average molecular weight is 256 g/mol. The molecule has 0 saturated heterocycles. The first kappa shape index (κ1) is 14.1. The molecule has 0 saturated carbocycles. The Hall–Kier alpha value is -1.36. The van der Waals surface area contributed by atoms with Crippen LogP contribution in [-0.4, -0.2) is 9.97 Å². The van der Waals surface area contributed by atoms with Gasteiger partial charge in [0.25, 0.3) is 0 Å². The maximum atomic E-state index is 5.41. The average Bonchev–Trinajstić information content (AvgIpc) is 2.27. The largest absolute Gasteiger partial charge is 0.237 e. The van der Waals surface area contributed by atoms with E-state index >= 15 is 0 Å². The SMILES string of the molecule is C#CCc1nc2c(c(C(C)(C)C)n1)CC(C)(C)CC2. The van der Waals surface area contributed by atoms with Gasteiger partial charge in [-0.25, -0.2) is 9.97 Å². The van der Waals surface area contributed by atoms with Gasteiger partial charge in [-0.15, -0.1) is 6.42 Å². The molecular weight excluding hydrogens is 232 g/mol. The van der Waals surface area contributed by atoms with Crippen LogP contribution < -0.4 is 0 Å². The van der Waals surface area contributed by atoms with Crippen LogP contribution in [0.2, 0.25) is 0 Å². The van der Waals surface area contributed by atoms with Crippen molar-refractivity contribution in [2.24, 2.45) is 5.41 Å². The number of terminal acetylenes is 1. The Morgan fingerprint density at radius 1 is 1.26 bits per heavy atom. The summed E-state index contributed by atoms with van der Waals surface area (Å²) in [5.74, 6) is 3.47. The molecule has 0 atom stereocenters. The fraction of sp³-hybridized carbons (Fsp3) is 0.647. The first-order chi connectivity index (χ1) is 8.73. The molecule has 1 aromatic heterocycles. The molecular formula is C17H24N2. The van der Waals surface area contributed by atoms with Crippen LogP contribution in [0, 0.1) is 17.8 Å². The van der Waals surface area contributed by atoms with Crippen LogP contribution in [0.5, 0.6) is 0 Å². The first-order valence-electron chi connectivity index (χ1n) is 7.05. The summed E-state index contributed by atoms with van der Waals surface area (Å²) in [7, 11) is 0. The summed E-state index contributed by atoms with van der Waals surface area (Å²) >= 11 is 0. The van der Waals surface area contributed by atoms with Crippen LogP contribution >= 0.6 is 0 Å². The standard InChI is InChI=1S/C17H24N2/c1-7-8-14-18-13-9-10-17(5,6)11-12(13)15(19-14)16(2,3)4/h1H,8-11H2,2-6H3. The second-order valence-corrected chi connectivity index (χ2v) is 7.39. The fourth-order valence-corrected chi connectivity index (χ4v) is 2.79. The van der Waals surface area contributed by atoms with Gasteiger partial charge in [-0.3, -0.25) is 0 Å². The van der Waals surface area contributed by atoms with Crippen molar-refractivity contribution in [2.45, 2.75) is 65.7 Å². The van der Waals surface area contributed by atoms with Crippen LogP contribution in [0.15, 0.2) is 0 Å². The number of nitrogens with zero attached hydrogens (tertiary/aromatic N) is 2. The Morgan fingerprint density at radius 3 is 2.53 bits per heavy atom. The lowest BCUT2D eigenvalue weighted by atomic mass is 9.73. The third-order valence-electron chi connectivity index (χ3n) is 3.80. The van der Waals surface area contributed by atoms with E-state index in [1.165, 1.54) is 23.4 Å². The van der Waals surface area contributed by atoms with Crippen molar-refractivity contribution >= 4 is 0 Å². The molecule has 0 unspecified atom stereocenters. The Bertz CT molecular complexity index is 527. The highest BCUT2D eigenvalue weighted by Gasteiger charge is 2.32. The number of fused-ring (bicyclic) bond motifs is 1. The van der Waals surface area contributed by atoms with Crippen molar-refractivity contribution in [1.29, 1.82) is 0 Å². The lowest BCUT2D eigenvalue weighted by molar-refractivity contribution is 0.306. The predicted octanol–water partition coefficient (Wildman–Crippen LogP) is 3.46. The molecule has 1 heterocycles. The summed E-state index contributed by atoms with van der Waals surface area (Å²) in [6.45, 7) is 11.3. The molecule has 0 radical (unpaired) electrons. The van der Waals surface area contributed by atoms with E-state index in [0.717, 1.165) is 18.7 Å². The third kappa shape index (κ3) is 2.97. The Balaban J connectivity index is 2.57. The molecule has 0 aromatic carbocycles. The van der Waals surface area contributed by atoms with Crippen molar-refractivity contribution in [3.8, 4) is 12.3 Å². The van der Waals surface area contributed by atoms with Crippen molar-refractivity contribution in [3.05, 3.63) is 22.8 Å². The summed E-state index contributed by atoms with van der Waals surface area (Å²) in [5.41, 5.74) is 4.18. The zero-order valence-electron chi connectivity index (χ0n) is 12.8. The monoisotopic (exact) mass is 256 g/mol. The molecule has 1 aliphatic carbocycles. The van der Waals surface area contributed by atoms with E-state index in [1.807, 2.05) is 0 Å². The van der Waals surface area contributed by atoms with Gasteiger partial charge in [0.1, 0.15) is 5.82 Å². The summed E-state index contributed by atoms with van der Waals surface area (Å²) in [6, 6.07) is 0. The Kier molecular flexibility index (Phi) is 3.43. The molecule has 0 N–H and O–H groups in total. The maximum absolute atomic E-state index is 5.41. The van der Waals surface area contributed by atoms with E-state index in [9.17, 15) is 0 Å². The summed E-state index contributed by atoms with van der Waals surface area (Å²) in [4.78, 5) is 9.45. The van der Waals surface area contributed by atoms with Gasteiger partial charge in [0.15, 0.2) is 0 Å². The fourth-order valence-electron chi connectivity index (χ4n) is 2.79. The molecule has 0 spiro atoms. The van der Waals surface area contributed by atoms with Gasteiger partial charge >= 0.3 is 0 Å². The molecule has 0 aliphatic heterocycles. The van der Waals surface area contributed by atoms with Crippen molar-refractivity contribution in [1.82, 2.24) is 9.97 Å². The summed E-state index contributed by atoms with van der Waals surface area (Å²) < 4.78 is 0. The topological polar surface area (TPSA) is 25.8 Å². The van der Waals surface area contributed by atoms with Crippen LogP contribution in [-0.2, 0) is 24.7 Å². The number of hydrogen-bond donors (Lipinski definition) is 0. The first-order valence-corrected chi connectivity index (χ1v) is 7.05. The van der Waals surface area contributed by atoms with E-state index in [4.69, 9.17) is 11.4 Å². The minimum absolute atomic E-state index is 0.0454. The predicted molar refractivity (Wildman–Crippen MR) is 79.1 cm³/mol. The molecule has 0 fully saturated rings. The zero-order chi connectivity index (χ0) is 14.3. The van der Waals surface area contributed by atoms with Crippen LogP contribution in [0.25, 0.3) is 0 Å². The molecule has 102 valence electrons. The van der Waals surface area contributed by atoms with Gasteiger partial charge < -0.3 is 0 Å². The van der Waals surface area contributed by atoms with Gasteiger partial charge in [-0.05, 0) is 30.2 Å². The Labute approximate surface area is 117 Å². The second-order valence-electron chi connectivity index (χ2n) is 7.39. The van der Waals surface area contributed by atoms with E-state index in [-0.39, 0.29) is 5.41 Å². The molecule has 2 heteroatoms.